The Labute approximate surface area is 144 Å². The third-order valence-electron chi connectivity index (χ3n) is 4.28. The molecular weight excluding hydrogens is 310 g/mol. The predicted octanol–water partition coefficient (Wildman–Crippen LogP) is 4.10. The molecule has 4 rings (SSSR count). The van der Waals surface area contributed by atoms with Crippen LogP contribution in [0.4, 0.5) is 0 Å². The highest BCUT2D eigenvalue weighted by atomic mass is 16.1. The van der Waals surface area contributed by atoms with Crippen molar-refractivity contribution < 1.29 is 0 Å². The van der Waals surface area contributed by atoms with E-state index < -0.39 is 0 Å². The Bertz CT molecular complexity index is 1160. The summed E-state index contributed by atoms with van der Waals surface area (Å²) >= 11 is 0. The topological polar surface area (TPSA) is 58.6 Å². The van der Waals surface area contributed by atoms with Gasteiger partial charge in [-0.3, -0.25) is 9.78 Å². The van der Waals surface area contributed by atoms with E-state index in [9.17, 15) is 4.79 Å². The second-order valence-corrected chi connectivity index (χ2v) is 6.20. The van der Waals surface area contributed by atoms with Crippen LogP contribution in [-0.4, -0.2) is 15.0 Å². The van der Waals surface area contributed by atoms with Crippen molar-refractivity contribution in [2.24, 2.45) is 0 Å². The molecule has 2 heterocycles. The van der Waals surface area contributed by atoms with Crippen LogP contribution in [0, 0.1) is 0 Å². The highest BCUT2D eigenvalue weighted by molar-refractivity contribution is 6.04. The van der Waals surface area contributed by atoms with Crippen LogP contribution >= 0.6 is 0 Å². The molecule has 4 heteroatoms. The minimum Gasteiger partial charge on any atom is -0.310 e. The molecule has 4 nitrogen and oxygen atoms in total. The maximum absolute atomic E-state index is 12.5. The zero-order chi connectivity index (χ0) is 17.4. The van der Waals surface area contributed by atoms with Crippen LogP contribution in [0.2, 0.25) is 0 Å². The molecule has 0 spiro atoms. The van der Waals surface area contributed by atoms with Crippen molar-refractivity contribution >= 4 is 27.2 Å². The average Bonchev–Trinajstić information content (AvgIpc) is 2.62. The molecule has 0 fully saturated rings. The van der Waals surface area contributed by atoms with Gasteiger partial charge in [-0.1, -0.05) is 43.0 Å². The number of aromatic amines is 1. The van der Waals surface area contributed by atoms with Gasteiger partial charge >= 0.3 is 0 Å². The highest BCUT2D eigenvalue weighted by Crippen LogP contribution is 2.22. The van der Waals surface area contributed by atoms with Crippen molar-refractivity contribution in [2.45, 2.75) is 13.3 Å². The number of nitrogens with zero attached hydrogens (tertiary/aromatic N) is 2. The Morgan fingerprint density at radius 1 is 1.08 bits per heavy atom. The third-order valence-corrected chi connectivity index (χ3v) is 4.28. The number of nitrogens with one attached hydrogen (secondary N) is 1. The maximum atomic E-state index is 12.5. The van der Waals surface area contributed by atoms with Gasteiger partial charge in [0.15, 0.2) is 0 Å². The number of allylic oxidation sites excluding steroid dienone is 1. The van der Waals surface area contributed by atoms with Gasteiger partial charge in [-0.05, 0) is 35.6 Å². The Balaban J connectivity index is 1.81. The van der Waals surface area contributed by atoms with Crippen molar-refractivity contribution in [2.75, 3.05) is 0 Å². The first-order valence-electron chi connectivity index (χ1n) is 8.13. The van der Waals surface area contributed by atoms with Crippen LogP contribution in [0.15, 0.2) is 66.1 Å². The number of pyridine rings is 1. The molecule has 0 radical (unpaired) electrons. The van der Waals surface area contributed by atoms with E-state index >= 15 is 0 Å². The van der Waals surface area contributed by atoms with E-state index in [1.165, 1.54) is 0 Å². The number of rotatable bonds is 3. The molecule has 0 aliphatic rings. The van der Waals surface area contributed by atoms with Crippen molar-refractivity contribution in [3.8, 4) is 0 Å². The van der Waals surface area contributed by atoms with Gasteiger partial charge in [0, 0.05) is 18.0 Å². The summed E-state index contributed by atoms with van der Waals surface area (Å²) in [6, 6.07) is 15.7. The molecule has 0 aliphatic heterocycles. The Kier molecular flexibility index (Phi) is 3.65. The summed E-state index contributed by atoms with van der Waals surface area (Å²) in [5.74, 6) is 0.638. The van der Waals surface area contributed by atoms with Crippen LogP contribution in [0.1, 0.15) is 24.0 Å². The summed E-state index contributed by atoms with van der Waals surface area (Å²) in [6.07, 6.45) is 2.33. The molecule has 1 N–H and O–H groups in total. The van der Waals surface area contributed by atoms with E-state index in [0.717, 1.165) is 33.1 Å². The Morgan fingerprint density at radius 2 is 1.92 bits per heavy atom. The number of aromatic nitrogens is 3. The Hall–Kier alpha value is -3.27. The van der Waals surface area contributed by atoms with E-state index in [4.69, 9.17) is 4.98 Å². The fraction of sp³-hybridized carbons (Fsp3) is 0.0952. The monoisotopic (exact) mass is 327 g/mol. The molecule has 0 unspecified atom stereocenters. The van der Waals surface area contributed by atoms with Gasteiger partial charge in [0.25, 0.3) is 5.56 Å². The molecule has 2 aromatic carbocycles. The largest absolute Gasteiger partial charge is 0.310 e. The molecule has 25 heavy (non-hydrogen) atoms. The second-order valence-electron chi connectivity index (χ2n) is 6.20. The lowest BCUT2D eigenvalue weighted by molar-refractivity contribution is 0.966. The first-order chi connectivity index (χ1) is 12.1. The van der Waals surface area contributed by atoms with E-state index in [2.05, 4.69) is 16.5 Å². The fourth-order valence-corrected chi connectivity index (χ4v) is 2.98. The quantitative estimate of drug-likeness (QED) is 0.576. The lowest BCUT2D eigenvalue weighted by Gasteiger charge is -2.07. The first kappa shape index (κ1) is 15.3. The molecule has 122 valence electrons. The van der Waals surface area contributed by atoms with E-state index in [0.29, 0.717) is 17.6 Å². The van der Waals surface area contributed by atoms with Crippen LogP contribution in [-0.2, 0) is 6.42 Å². The van der Waals surface area contributed by atoms with Crippen molar-refractivity contribution in [1.29, 1.82) is 0 Å². The molecule has 4 aromatic rings. The van der Waals surface area contributed by atoms with Crippen LogP contribution in [0.3, 0.4) is 0 Å². The van der Waals surface area contributed by atoms with E-state index in [1.54, 1.807) is 6.20 Å². The fourth-order valence-electron chi connectivity index (χ4n) is 2.98. The summed E-state index contributed by atoms with van der Waals surface area (Å²) in [5.41, 5.74) is 3.42. The number of hydrogen-bond donors (Lipinski definition) is 1. The molecule has 0 aliphatic carbocycles. The zero-order valence-electron chi connectivity index (χ0n) is 13.9. The number of benzene rings is 2. The minimum atomic E-state index is -0.114. The lowest BCUT2D eigenvalue weighted by atomic mass is 10.1. The molecule has 2 aromatic heterocycles. The number of H-pyrrole nitrogens is 1. The predicted molar refractivity (Wildman–Crippen MR) is 102 cm³/mol. The number of hydrogen-bond acceptors (Lipinski definition) is 3. The SMILES string of the molecule is C=C(C)c1ccc(Cc2nc3c(ccc4ccccc43)c(=O)[nH]2)cn1. The smallest absolute Gasteiger partial charge is 0.258 e. The van der Waals surface area contributed by atoms with Crippen molar-refractivity contribution in [3.63, 3.8) is 0 Å². The zero-order valence-corrected chi connectivity index (χ0v) is 13.9. The highest BCUT2D eigenvalue weighted by Gasteiger charge is 2.08. The second kappa shape index (κ2) is 5.98. The van der Waals surface area contributed by atoms with Gasteiger partial charge in [0.05, 0.1) is 16.6 Å². The summed E-state index contributed by atoms with van der Waals surface area (Å²) in [5, 5.41) is 2.67. The molecule has 0 saturated heterocycles. The average molecular weight is 327 g/mol. The van der Waals surface area contributed by atoms with Crippen LogP contribution in [0.25, 0.3) is 27.2 Å². The summed E-state index contributed by atoms with van der Waals surface area (Å²) < 4.78 is 0. The van der Waals surface area contributed by atoms with Gasteiger partial charge in [-0.25, -0.2) is 4.98 Å². The van der Waals surface area contributed by atoms with Gasteiger partial charge in [0.2, 0.25) is 0 Å². The van der Waals surface area contributed by atoms with Gasteiger partial charge in [0.1, 0.15) is 5.82 Å². The summed E-state index contributed by atoms with van der Waals surface area (Å²) in [6.45, 7) is 5.82. The Morgan fingerprint density at radius 3 is 2.68 bits per heavy atom. The molecule has 0 bridgehead atoms. The van der Waals surface area contributed by atoms with Gasteiger partial charge in [-0.15, -0.1) is 0 Å². The van der Waals surface area contributed by atoms with Crippen LogP contribution < -0.4 is 5.56 Å². The van der Waals surface area contributed by atoms with E-state index in [1.807, 2.05) is 55.5 Å². The summed E-state index contributed by atoms with van der Waals surface area (Å²) in [4.78, 5) is 24.4. The van der Waals surface area contributed by atoms with Crippen LogP contribution in [0.5, 0.6) is 0 Å². The normalized spacial score (nSPS) is 11.1. The summed E-state index contributed by atoms with van der Waals surface area (Å²) in [7, 11) is 0. The molecule has 0 saturated carbocycles. The van der Waals surface area contributed by atoms with Crippen molar-refractivity contribution in [3.05, 3.63) is 88.7 Å². The first-order valence-corrected chi connectivity index (χ1v) is 8.13. The molecule has 0 amide bonds. The van der Waals surface area contributed by atoms with Crippen molar-refractivity contribution in [1.82, 2.24) is 15.0 Å². The standard InChI is InChI=1S/C21H17N3O/c1-13(2)18-10-7-14(12-22-18)11-19-23-20-16-6-4-3-5-15(16)8-9-17(20)21(25)24-19/h3-10,12H,1,11H2,2H3,(H,23,24,25). The lowest BCUT2D eigenvalue weighted by Crippen LogP contribution is -2.12. The van der Waals surface area contributed by atoms with Gasteiger partial charge in [-0.2, -0.15) is 0 Å². The number of fused-ring (bicyclic) bond motifs is 3. The molecule has 0 atom stereocenters. The maximum Gasteiger partial charge on any atom is 0.258 e. The molecular formula is C21H17N3O. The minimum absolute atomic E-state index is 0.114. The third kappa shape index (κ3) is 2.83. The van der Waals surface area contributed by atoms with E-state index in [-0.39, 0.29) is 5.56 Å². The van der Waals surface area contributed by atoms with Gasteiger partial charge < -0.3 is 4.98 Å².